The van der Waals surface area contributed by atoms with E-state index in [1.54, 1.807) is 0 Å². The molecule has 0 radical (unpaired) electrons. The molecule has 7 nitrogen and oxygen atoms in total. The van der Waals surface area contributed by atoms with Crippen molar-refractivity contribution in [3.05, 3.63) is 71.6 Å². The SMILES string of the molecule is Cc1cncc(C2=CN(CC3=CN4C=C(CNCC56CC(F)(C5)C6)C=CC4N3)NN2)c1. The number of nitrogens with zero attached hydrogens (tertiary/aromatic N) is 3. The summed E-state index contributed by atoms with van der Waals surface area (Å²) in [6.45, 7) is 4.50. The molecule has 6 aliphatic rings. The van der Waals surface area contributed by atoms with Crippen LogP contribution in [0, 0.1) is 12.3 Å². The van der Waals surface area contributed by atoms with Gasteiger partial charge in [-0.15, -0.1) is 5.53 Å². The Balaban J connectivity index is 1.04. The lowest BCUT2D eigenvalue weighted by Crippen LogP contribution is -2.67. The second-order valence-electron chi connectivity index (χ2n) is 9.70. The molecule has 1 atom stereocenters. The van der Waals surface area contributed by atoms with Crippen molar-refractivity contribution in [1.29, 1.82) is 0 Å². The van der Waals surface area contributed by atoms with Crippen LogP contribution in [0.4, 0.5) is 4.39 Å². The molecule has 0 amide bonds. The molecule has 3 fully saturated rings. The molecule has 4 N–H and O–H groups in total. The molecule has 1 aromatic heterocycles. The van der Waals surface area contributed by atoms with Crippen LogP contribution in [-0.4, -0.2) is 46.4 Å². The highest BCUT2D eigenvalue weighted by atomic mass is 19.1. The number of nitrogens with one attached hydrogen (secondary N) is 4. The molecule has 4 heterocycles. The number of aromatic nitrogens is 1. The molecule has 3 aliphatic heterocycles. The third-order valence-corrected chi connectivity index (χ3v) is 6.82. The van der Waals surface area contributed by atoms with Crippen LogP contribution in [0.25, 0.3) is 5.70 Å². The van der Waals surface area contributed by atoms with Crippen molar-refractivity contribution in [2.75, 3.05) is 19.6 Å². The Morgan fingerprint density at radius 3 is 2.90 bits per heavy atom. The zero-order valence-corrected chi connectivity index (χ0v) is 17.7. The largest absolute Gasteiger partial charge is 0.362 e. The Morgan fingerprint density at radius 1 is 1.23 bits per heavy atom. The van der Waals surface area contributed by atoms with E-state index in [2.05, 4.69) is 68.3 Å². The van der Waals surface area contributed by atoms with E-state index in [1.807, 2.05) is 24.3 Å². The smallest absolute Gasteiger partial charge is 0.122 e. The lowest BCUT2D eigenvalue weighted by Gasteiger charge is -2.66. The number of hydrazine groups is 2. The van der Waals surface area contributed by atoms with Crippen molar-refractivity contribution < 1.29 is 4.39 Å². The minimum absolute atomic E-state index is 0.155. The van der Waals surface area contributed by atoms with Gasteiger partial charge in [0.2, 0.25) is 0 Å². The summed E-state index contributed by atoms with van der Waals surface area (Å²) in [5, 5.41) is 9.11. The van der Waals surface area contributed by atoms with Gasteiger partial charge in [-0.3, -0.25) is 9.99 Å². The van der Waals surface area contributed by atoms with Crippen molar-refractivity contribution in [2.24, 2.45) is 5.41 Å². The van der Waals surface area contributed by atoms with Gasteiger partial charge in [0, 0.05) is 49.6 Å². The first kappa shape index (κ1) is 18.9. The summed E-state index contributed by atoms with van der Waals surface area (Å²) < 4.78 is 13.7. The van der Waals surface area contributed by atoms with Gasteiger partial charge in [0.25, 0.3) is 0 Å². The maximum absolute atomic E-state index is 13.7. The molecule has 162 valence electrons. The second-order valence-corrected chi connectivity index (χ2v) is 9.70. The number of rotatable bonds is 7. The van der Waals surface area contributed by atoms with Crippen LogP contribution in [0.5, 0.6) is 0 Å². The third-order valence-electron chi connectivity index (χ3n) is 6.82. The quantitative estimate of drug-likeness (QED) is 0.537. The summed E-state index contributed by atoms with van der Waals surface area (Å²) in [6, 6.07) is 2.11. The van der Waals surface area contributed by atoms with E-state index >= 15 is 0 Å². The minimum atomic E-state index is -0.812. The lowest BCUT2D eigenvalue weighted by molar-refractivity contribution is -0.209. The van der Waals surface area contributed by atoms with Gasteiger partial charge in [-0.1, -0.05) is 6.08 Å². The highest BCUT2D eigenvalue weighted by Gasteiger charge is 2.68. The first-order chi connectivity index (χ1) is 15.0. The Kier molecular flexibility index (Phi) is 4.16. The van der Waals surface area contributed by atoms with E-state index in [4.69, 9.17) is 0 Å². The van der Waals surface area contributed by atoms with E-state index in [-0.39, 0.29) is 11.6 Å². The van der Waals surface area contributed by atoms with E-state index in [1.165, 1.54) is 5.57 Å². The highest BCUT2D eigenvalue weighted by molar-refractivity contribution is 5.64. The van der Waals surface area contributed by atoms with Crippen LogP contribution < -0.4 is 21.6 Å². The van der Waals surface area contributed by atoms with Gasteiger partial charge >= 0.3 is 0 Å². The fourth-order valence-electron chi connectivity index (χ4n) is 5.46. The van der Waals surface area contributed by atoms with Gasteiger partial charge in [-0.05, 0) is 54.9 Å². The average Bonchev–Trinajstić information content (AvgIpc) is 3.32. The number of hydrogen-bond donors (Lipinski definition) is 4. The van der Waals surface area contributed by atoms with E-state index in [0.717, 1.165) is 54.9 Å². The zero-order chi connectivity index (χ0) is 21.1. The molecule has 0 aromatic carbocycles. The summed E-state index contributed by atoms with van der Waals surface area (Å²) in [5.74, 6) is 0. The number of halogens is 1. The monoisotopic (exact) mass is 421 g/mol. The third kappa shape index (κ3) is 3.49. The molecule has 31 heavy (non-hydrogen) atoms. The summed E-state index contributed by atoms with van der Waals surface area (Å²) in [5.41, 5.74) is 11.4. The van der Waals surface area contributed by atoms with Crippen LogP contribution >= 0.6 is 0 Å². The van der Waals surface area contributed by atoms with Crippen LogP contribution in [0.1, 0.15) is 30.4 Å². The van der Waals surface area contributed by atoms with Gasteiger partial charge in [0.1, 0.15) is 11.8 Å². The number of aryl methyl sites for hydroxylation is 1. The predicted octanol–water partition coefficient (Wildman–Crippen LogP) is 2.02. The Labute approximate surface area is 181 Å². The Hall–Kier alpha value is -2.84. The maximum Gasteiger partial charge on any atom is 0.122 e. The number of hydrogen-bond acceptors (Lipinski definition) is 7. The first-order valence-electron chi connectivity index (χ1n) is 10.9. The first-order valence-corrected chi connectivity index (χ1v) is 10.9. The van der Waals surface area contributed by atoms with E-state index in [0.29, 0.717) is 6.54 Å². The second kappa shape index (κ2) is 6.83. The fourth-order valence-corrected chi connectivity index (χ4v) is 5.46. The topological polar surface area (TPSA) is 67.5 Å². The molecular formula is C23H28FN7. The fraction of sp³-hybridized carbons (Fsp3) is 0.435. The molecule has 1 unspecified atom stereocenters. The number of alkyl halides is 1. The number of pyridine rings is 1. The maximum atomic E-state index is 13.7. The standard InChI is InChI=1S/C23H28FN7/c1-16-4-18(7-25-5-16)20-11-31(29-28-20)10-19-9-30-8-17(2-3-21(30)27-19)6-26-15-22-12-23(24,13-22)14-22/h2-5,7-9,11,21,26-29H,6,10,12-15H2,1H3. The van der Waals surface area contributed by atoms with Gasteiger partial charge < -0.3 is 21.0 Å². The van der Waals surface area contributed by atoms with Crippen LogP contribution in [0.2, 0.25) is 0 Å². The van der Waals surface area contributed by atoms with Gasteiger partial charge in [0.05, 0.1) is 17.9 Å². The summed E-state index contributed by atoms with van der Waals surface area (Å²) in [7, 11) is 0. The molecule has 7 rings (SSSR count). The van der Waals surface area contributed by atoms with Crippen LogP contribution in [0.15, 0.2) is 60.5 Å². The van der Waals surface area contributed by atoms with Gasteiger partial charge in [0.15, 0.2) is 0 Å². The summed E-state index contributed by atoms with van der Waals surface area (Å²) in [6.07, 6.45) is 16.9. The minimum Gasteiger partial charge on any atom is -0.362 e. The average molecular weight is 422 g/mol. The van der Waals surface area contributed by atoms with Crippen molar-refractivity contribution in [3.63, 3.8) is 0 Å². The highest BCUT2D eigenvalue weighted by Crippen LogP contribution is 2.69. The summed E-state index contributed by atoms with van der Waals surface area (Å²) >= 11 is 0. The Bertz CT molecular complexity index is 1010. The lowest BCUT2D eigenvalue weighted by atomic mass is 9.42. The Morgan fingerprint density at radius 2 is 2.10 bits per heavy atom. The predicted molar refractivity (Wildman–Crippen MR) is 117 cm³/mol. The molecule has 8 heteroatoms. The molecule has 3 aliphatic carbocycles. The van der Waals surface area contributed by atoms with E-state index in [9.17, 15) is 4.39 Å². The van der Waals surface area contributed by atoms with E-state index < -0.39 is 5.67 Å². The zero-order valence-electron chi connectivity index (χ0n) is 17.7. The number of fused-ring (bicyclic) bond motifs is 1. The van der Waals surface area contributed by atoms with Crippen molar-refractivity contribution in [1.82, 2.24) is 36.5 Å². The van der Waals surface area contributed by atoms with Crippen molar-refractivity contribution in [3.8, 4) is 0 Å². The van der Waals surface area contributed by atoms with Gasteiger partial charge in [-0.25, -0.2) is 4.39 Å². The molecule has 1 aromatic rings. The molecule has 2 bridgehead atoms. The molecular weight excluding hydrogens is 393 g/mol. The van der Waals surface area contributed by atoms with Crippen molar-refractivity contribution >= 4 is 5.70 Å². The molecule has 3 saturated carbocycles. The summed E-state index contributed by atoms with van der Waals surface area (Å²) in [4.78, 5) is 6.48. The molecule has 0 saturated heterocycles. The van der Waals surface area contributed by atoms with Crippen LogP contribution in [-0.2, 0) is 0 Å². The molecule has 0 spiro atoms. The van der Waals surface area contributed by atoms with Crippen LogP contribution in [0.3, 0.4) is 0 Å². The van der Waals surface area contributed by atoms with Gasteiger partial charge in [-0.2, -0.15) is 0 Å². The van der Waals surface area contributed by atoms with Crippen molar-refractivity contribution in [2.45, 2.75) is 38.0 Å². The normalized spacial score (nSPS) is 32.3.